The second kappa shape index (κ2) is 7.34. The Labute approximate surface area is 164 Å². The zero-order valence-electron chi connectivity index (χ0n) is 15.4. The van der Waals surface area contributed by atoms with Gasteiger partial charge in [-0.3, -0.25) is 0 Å². The molecule has 2 heterocycles. The van der Waals surface area contributed by atoms with Crippen molar-refractivity contribution >= 4 is 21.6 Å². The number of rotatable bonds is 4. The lowest BCUT2D eigenvalue weighted by atomic mass is 9.74. The van der Waals surface area contributed by atoms with Gasteiger partial charge >= 0.3 is 0 Å². The van der Waals surface area contributed by atoms with E-state index in [9.17, 15) is 5.11 Å². The first kappa shape index (κ1) is 18.0. The van der Waals surface area contributed by atoms with Gasteiger partial charge in [-0.2, -0.15) is 0 Å². The molecule has 0 unspecified atom stereocenters. The summed E-state index contributed by atoms with van der Waals surface area (Å²) in [6.07, 6.45) is 2.78. The normalized spacial score (nSPS) is 20.3. The fraction of sp³-hybridized carbons (Fsp3) is 0.455. The van der Waals surface area contributed by atoms with E-state index in [0.717, 1.165) is 37.1 Å². The van der Waals surface area contributed by atoms with Crippen LogP contribution in [-0.2, 0) is 11.8 Å². The van der Waals surface area contributed by atoms with Gasteiger partial charge in [0.05, 0.1) is 6.10 Å². The number of fused-ring (bicyclic) bond motifs is 2. The third-order valence-electron chi connectivity index (χ3n) is 6.09. The Morgan fingerprint density at radius 2 is 1.77 bits per heavy atom. The van der Waals surface area contributed by atoms with Gasteiger partial charge in [0.15, 0.2) is 0 Å². The number of nitrogens with zero attached hydrogens (tertiary/aromatic N) is 2. The lowest BCUT2D eigenvalue weighted by molar-refractivity contribution is 0.0840. The summed E-state index contributed by atoms with van der Waals surface area (Å²) in [4.78, 5) is 4.85. The minimum Gasteiger partial charge on any atom is -0.391 e. The zero-order chi connectivity index (χ0) is 18.1. The zero-order valence-corrected chi connectivity index (χ0v) is 17.0. The molecule has 3 nitrogen and oxygen atoms in total. The second-order valence-electron chi connectivity index (χ2n) is 7.94. The molecular formula is C22H27BrN2O. The molecule has 0 bridgehead atoms. The van der Waals surface area contributed by atoms with Crippen LogP contribution in [0, 0.1) is 0 Å². The first-order chi connectivity index (χ1) is 12.6. The quantitative estimate of drug-likeness (QED) is 0.822. The lowest BCUT2D eigenvalue weighted by Crippen LogP contribution is -2.47. The molecule has 26 heavy (non-hydrogen) atoms. The van der Waals surface area contributed by atoms with Crippen LogP contribution in [0.15, 0.2) is 53.0 Å². The molecular weight excluding hydrogens is 388 g/mol. The molecule has 0 amide bonds. The van der Waals surface area contributed by atoms with Gasteiger partial charge in [0.25, 0.3) is 0 Å². The number of halogens is 1. The van der Waals surface area contributed by atoms with Gasteiger partial charge in [0, 0.05) is 35.7 Å². The van der Waals surface area contributed by atoms with Crippen LogP contribution in [0.2, 0.25) is 0 Å². The van der Waals surface area contributed by atoms with Gasteiger partial charge in [0.2, 0.25) is 0 Å². The fourth-order valence-electron chi connectivity index (χ4n) is 4.73. The van der Waals surface area contributed by atoms with Gasteiger partial charge in [-0.15, -0.1) is 0 Å². The molecule has 1 fully saturated rings. The maximum atomic E-state index is 10.5. The molecule has 138 valence electrons. The minimum absolute atomic E-state index is 0.302. The minimum atomic E-state index is -0.302. The molecule has 2 aliphatic heterocycles. The highest BCUT2D eigenvalue weighted by molar-refractivity contribution is 9.10. The largest absolute Gasteiger partial charge is 0.391 e. The molecule has 4 heteroatoms. The highest BCUT2D eigenvalue weighted by atomic mass is 79.9. The molecule has 2 aromatic carbocycles. The number of β-amino-alcohol motifs (C(OH)–C–C–N with tert-alkyl or cyclic N) is 1. The average Bonchev–Trinajstić information content (AvgIpc) is 2.92. The summed E-state index contributed by atoms with van der Waals surface area (Å²) in [6, 6.07) is 17.1. The molecule has 1 N–H and O–H groups in total. The molecule has 0 radical (unpaired) electrons. The van der Waals surface area contributed by atoms with Gasteiger partial charge in [0.1, 0.15) is 0 Å². The summed E-state index contributed by atoms with van der Waals surface area (Å²) < 4.78 is 1.08. The van der Waals surface area contributed by atoms with Crippen molar-refractivity contribution in [3.8, 4) is 0 Å². The summed E-state index contributed by atoms with van der Waals surface area (Å²) in [5.74, 6) is 0. The highest BCUT2D eigenvalue weighted by Crippen LogP contribution is 2.46. The number of aliphatic hydroxyl groups is 1. The number of aliphatic hydroxyl groups excluding tert-OH is 1. The number of hydrogen-bond acceptors (Lipinski definition) is 3. The van der Waals surface area contributed by atoms with Crippen LogP contribution >= 0.6 is 15.9 Å². The number of piperidine rings is 1. The molecule has 0 aliphatic carbocycles. The first-order valence-electron chi connectivity index (χ1n) is 9.51. The van der Waals surface area contributed by atoms with Crippen molar-refractivity contribution in [2.24, 2.45) is 0 Å². The van der Waals surface area contributed by atoms with E-state index in [1.807, 2.05) is 12.1 Å². The van der Waals surface area contributed by atoms with E-state index in [4.69, 9.17) is 0 Å². The number of anilines is 1. The monoisotopic (exact) mass is 414 g/mol. The predicted molar refractivity (Wildman–Crippen MR) is 111 cm³/mol. The van der Waals surface area contributed by atoms with Crippen LogP contribution in [0.3, 0.4) is 0 Å². The Bertz CT molecular complexity index is 753. The van der Waals surface area contributed by atoms with Crippen LogP contribution in [0.25, 0.3) is 0 Å². The molecule has 1 saturated heterocycles. The van der Waals surface area contributed by atoms with E-state index in [1.165, 1.54) is 29.7 Å². The first-order valence-corrected chi connectivity index (χ1v) is 10.3. The summed E-state index contributed by atoms with van der Waals surface area (Å²) in [7, 11) is 2.21. The van der Waals surface area contributed by atoms with Crippen LogP contribution in [0.5, 0.6) is 0 Å². The maximum Gasteiger partial charge on any atom is 0.0707 e. The van der Waals surface area contributed by atoms with Gasteiger partial charge in [-0.05, 0) is 61.7 Å². The Morgan fingerprint density at radius 3 is 2.50 bits per heavy atom. The standard InChI is InChI=1S/C22H27BrN2O/c1-24-16-22(20-4-2-3-5-21(20)24)10-12-25(13-11-22)15-19(26)14-17-6-8-18(23)9-7-17/h2-9,19,26H,10-16H2,1H3/t19-/m1/s1. The topological polar surface area (TPSA) is 26.7 Å². The third kappa shape index (κ3) is 3.55. The average molecular weight is 415 g/mol. The van der Waals surface area contributed by atoms with Crippen molar-refractivity contribution in [2.75, 3.05) is 38.1 Å². The number of para-hydroxylation sites is 1. The van der Waals surface area contributed by atoms with Gasteiger partial charge < -0.3 is 14.9 Å². The van der Waals surface area contributed by atoms with E-state index in [2.05, 4.69) is 69.2 Å². The molecule has 0 aromatic heterocycles. The summed E-state index contributed by atoms with van der Waals surface area (Å²) in [5.41, 5.74) is 4.42. The summed E-state index contributed by atoms with van der Waals surface area (Å²) >= 11 is 3.46. The maximum absolute atomic E-state index is 10.5. The Morgan fingerprint density at radius 1 is 1.08 bits per heavy atom. The van der Waals surface area contributed by atoms with Crippen molar-refractivity contribution in [2.45, 2.75) is 30.8 Å². The fourth-order valence-corrected chi connectivity index (χ4v) is 4.99. The van der Waals surface area contributed by atoms with Crippen molar-refractivity contribution in [1.82, 2.24) is 4.90 Å². The van der Waals surface area contributed by atoms with E-state index in [0.29, 0.717) is 5.41 Å². The lowest BCUT2D eigenvalue weighted by Gasteiger charge is -2.40. The van der Waals surface area contributed by atoms with Crippen LogP contribution in [0.1, 0.15) is 24.0 Å². The molecule has 1 atom stereocenters. The van der Waals surface area contributed by atoms with Crippen molar-refractivity contribution in [3.63, 3.8) is 0 Å². The van der Waals surface area contributed by atoms with Crippen molar-refractivity contribution in [1.29, 1.82) is 0 Å². The summed E-state index contributed by atoms with van der Waals surface area (Å²) in [5, 5.41) is 10.5. The van der Waals surface area contributed by atoms with Crippen molar-refractivity contribution in [3.05, 3.63) is 64.1 Å². The molecule has 1 spiro atoms. The van der Waals surface area contributed by atoms with Crippen LogP contribution in [-0.4, -0.2) is 49.3 Å². The molecule has 0 saturated carbocycles. The Hall–Kier alpha value is -1.36. The smallest absolute Gasteiger partial charge is 0.0707 e. The highest BCUT2D eigenvalue weighted by Gasteiger charge is 2.43. The number of likely N-dealkylation sites (tertiary alicyclic amines) is 1. The van der Waals surface area contributed by atoms with E-state index < -0.39 is 0 Å². The van der Waals surface area contributed by atoms with Gasteiger partial charge in [-0.1, -0.05) is 46.3 Å². The molecule has 2 aliphatic rings. The third-order valence-corrected chi connectivity index (χ3v) is 6.62. The van der Waals surface area contributed by atoms with Crippen molar-refractivity contribution < 1.29 is 5.11 Å². The predicted octanol–water partition coefficient (Wildman–Crippen LogP) is 3.84. The van der Waals surface area contributed by atoms with E-state index >= 15 is 0 Å². The molecule has 4 rings (SSSR count). The van der Waals surface area contributed by atoms with Crippen LogP contribution in [0.4, 0.5) is 5.69 Å². The second-order valence-corrected chi connectivity index (χ2v) is 8.85. The number of benzene rings is 2. The SMILES string of the molecule is CN1CC2(CCN(C[C@H](O)Cc3ccc(Br)cc3)CC2)c2ccccc21. The molecule has 2 aromatic rings. The van der Waals surface area contributed by atoms with E-state index in [1.54, 1.807) is 0 Å². The Balaban J connectivity index is 1.35. The number of hydrogen-bond donors (Lipinski definition) is 1. The van der Waals surface area contributed by atoms with E-state index in [-0.39, 0.29) is 6.10 Å². The number of likely N-dealkylation sites (N-methyl/N-ethyl adjacent to an activating group) is 1. The van der Waals surface area contributed by atoms with Gasteiger partial charge in [-0.25, -0.2) is 0 Å². The summed E-state index contributed by atoms with van der Waals surface area (Å²) in [6.45, 7) is 4.03. The Kier molecular flexibility index (Phi) is 5.09. The van der Waals surface area contributed by atoms with Crippen LogP contribution < -0.4 is 4.90 Å².